The number of hydrogen-bond acceptors (Lipinski definition) is 4. The number of methoxy groups -OCH3 is 1. The van der Waals surface area contributed by atoms with Gasteiger partial charge in [-0.2, -0.15) is 0 Å². The first kappa shape index (κ1) is 18.8. The topological polar surface area (TPSA) is 64.6 Å². The average Bonchev–Trinajstić information content (AvgIpc) is 2.45. The van der Waals surface area contributed by atoms with E-state index in [2.05, 4.69) is 23.9 Å². The monoisotopic (exact) mass is 337 g/mol. The highest BCUT2D eigenvalue weighted by Crippen LogP contribution is 2.61. The zero-order chi connectivity index (χ0) is 18.1. The van der Waals surface area contributed by atoms with E-state index in [1.807, 2.05) is 26.8 Å². The maximum Gasteiger partial charge on any atom is 0.407 e. The molecule has 24 heavy (non-hydrogen) atoms. The molecule has 5 nitrogen and oxygen atoms in total. The molecule has 0 aliphatic heterocycles. The number of rotatable bonds is 4. The number of ether oxygens (including phenoxy) is 2. The number of amides is 1. The van der Waals surface area contributed by atoms with Crippen molar-refractivity contribution in [3.8, 4) is 0 Å². The zero-order valence-electron chi connectivity index (χ0n) is 15.7. The van der Waals surface area contributed by atoms with Gasteiger partial charge in [0.05, 0.1) is 7.11 Å². The SMILES string of the molecule is COC(=O)/C=C\C[C@H]1C[C@@H]2C[C@H]([C@@H]1NC(=O)OC(C)(C)C)C2(C)C. The fraction of sp³-hybridized carbons (Fsp3) is 0.789. The van der Waals surface area contributed by atoms with Crippen molar-refractivity contribution in [2.24, 2.45) is 23.2 Å². The molecule has 3 rings (SSSR count). The first-order valence-corrected chi connectivity index (χ1v) is 8.78. The number of allylic oxidation sites excluding steroid dienone is 1. The number of carbonyl (C=O) groups is 2. The summed E-state index contributed by atoms with van der Waals surface area (Å²) < 4.78 is 10.1. The molecule has 3 aliphatic carbocycles. The van der Waals surface area contributed by atoms with Gasteiger partial charge in [-0.1, -0.05) is 19.9 Å². The minimum absolute atomic E-state index is 0.0853. The molecular weight excluding hydrogens is 306 g/mol. The van der Waals surface area contributed by atoms with E-state index < -0.39 is 5.60 Å². The predicted molar refractivity (Wildman–Crippen MR) is 92.4 cm³/mol. The Hall–Kier alpha value is -1.52. The summed E-state index contributed by atoms with van der Waals surface area (Å²) in [4.78, 5) is 23.5. The maximum absolute atomic E-state index is 12.2. The maximum atomic E-state index is 12.2. The molecule has 0 aromatic rings. The summed E-state index contributed by atoms with van der Waals surface area (Å²) in [5.74, 6) is 1.14. The molecular formula is C19H31NO4. The van der Waals surface area contributed by atoms with E-state index in [1.54, 1.807) is 0 Å². The van der Waals surface area contributed by atoms with E-state index in [0.717, 1.165) is 19.3 Å². The fourth-order valence-electron chi connectivity index (χ4n) is 4.22. The van der Waals surface area contributed by atoms with Crippen molar-refractivity contribution in [2.75, 3.05) is 7.11 Å². The lowest BCUT2D eigenvalue weighted by atomic mass is 9.44. The molecule has 0 aromatic carbocycles. The largest absolute Gasteiger partial charge is 0.466 e. The van der Waals surface area contributed by atoms with Crippen molar-refractivity contribution < 1.29 is 19.1 Å². The van der Waals surface area contributed by atoms with Crippen LogP contribution in [0.25, 0.3) is 0 Å². The molecule has 3 aliphatic rings. The first-order chi connectivity index (χ1) is 11.0. The van der Waals surface area contributed by atoms with Crippen LogP contribution >= 0.6 is 0 Å². The number of fused-ring (bicyclic) bond motifs is 2. The van der Waals surface area contributed by atoms with Crippen LogP contribution in [0.2, 0.25) is 0 Å². The molecule has 1 N–H and O–H groups in total. The van der Waals surface area contributed by atoms with Crippen LogP contribution in [0.4, 0.5) is 4.79 Å². The Morgan fingerprint density at radius 2 is 1.92 bits per heavy atom. The second-order valence-electron chi connectivity index (χ2n) is 8.69. The van der Waals surface area contributed by atoms with Crippen LogP contribution in [0.15, 0.2) is 12.2 Å². The molecule has 1 amide bonds. The van der Waals surface area contributed by atoms with Gasteiger partial charge in [-0.25, -0.2) is 9.59 Å². The van der Waals surface area contributed by atoms with Crippen molar-refractivity contribution >= 4 is 12.1 Å². The molecule has 2 bridgehead atoms. The van der Waals surface area contributed by atoms with Crippen LogP contribution < -0.4 is 5.32 Å². The van der Waals surface area contributed by atoms with Crippen LogP contribution in [0.5, 0.6) is 0 Å². The second-order valence-corrected chi connectivity index (χ2v) is 8.69. The van der Waals surface area contributed by atoms with E-state index in [9.17, 15) is 9.59 Å². The van der Waals surface area contributed by atoms with Gasteiger partial charge >= 0.3 is 12.1 Å². The summed E-state index contributed by atoms with van der Waals surface area (Å²) in [7, 11) is 1.37. The van der Waals surface area contributed by atoms with Crippen LogP contribution in [-0.4, -0.2) is 30.8 Å². The van der Waals surface area contributed by atoms with Crippen LogP contribution in [0, 0.1) is 23.2 Å². The number of carbonyl (C=O) groups excluding carboxylic acids is 2. The van der Waals surface area contributed by atoms with E-state index in [4.69, 9.17) is 4.74 Å². The lowest BCUT2D eigenvalue weighted by Crippen LogP contribution is -2.63. The summed E-state index contributed by atoms with van der Waals surface area (Å²) in [6, 6.07) is 0.0853. The Balaban J connectivity index is 2.04. The smallest absolute Gasteiger partial charge is 0.407 e. The Morgan fingerprint density at radius 3 is 2.46 bits per heavy atom. The number of hydrogen-bond donors (Lipinski definition) is 1. The average molecular weight is 337 g/mol. The highest BCUT2D eigenvalue weighted by molar-refractivity contribution is 5.81. The second kappa shape index (κ2) is 6.77. The van der Waals surface area contributed by atoms with E-state index in [-0.39, 0.29) is 23.5 Å². The number of alkyl carbamates (subject to hydrolysis) is 1. The van der Waals surface area contributed by atoms with Gasteiger partial charge in [-0.15, -0.1) is 0 Å². The third-order valence-corrected chi connectivity index (χ3v) is 5.65. The van der Waals surface area contributed by atoms with Crippen molar-refractivity contribution in [3.05, 3.63) is 12.2 Å². The molecule has 0 unspecified atom stereocenters. The lowest BCUT2D eigenvalue weighted by Gasteiger charge is -2.62. The quantitative estimate of drug-likeness (QED) is 0.628. The van der Waals surface area contributed by atoms with Gasteiger partial charge in [-0.3, -0.25) is 0 Å². The van der Waals surface area contributed by atoms with Gasteiger partial charge in [0.1, 0.15) is 5.60 Å². The molecule has 5 heteroatoms. The van der Waals surface area contributed by atoms with Crippen molar-refractivity contribution in [1.82, 2.24) is 5.32 Å². The lowest BCUT2D eigenvalue weighted by molar-refractivity contribution is -0.134. The van der Waals surface area contributed by atoms with Crippen molar-refractivity contribution in [3.63, 3.8) is 0 Å². The van der Waals surface area contributed by atoms with Gasteiger partial charge < -0.3 is 14.8 Å². The molecule has 0 aromatic heterocycles. The Bertz CT molecular complexity index is 518. The molecule has 4 atom stereocenters. The zero-order valence-corrected chi connectivity index (χ0v) is 15.7. The van der Waals surface area contributed by atoms with E-state index in [0.29, 0.717) is 17.8 Å². The minimum Gasteiger partial charge on any atom is -0.466 e. The molecule has 0 heterocycles. The number of nitrogens with one attached hydrogen (secondary N) is 1. The Kier molecular flexibility index (Phi) is 5.31. The summed E-state index contributed by atoms with van der Waals surface area (Å²) in [5.41, 5.74) is -0.251. The predicted octanol–water partition coefficient (Wildman–Crippen LogP) is 3.68. The molecule has 3 fully saturated rings. The third kappa shape index (κ3) is 4.11. The van der Waals surface area contributed by atoms with Crippen LogP contribution in [0.3, 0.4) is 0 Å². The van der Waals surface area contributed by atoms with Crippen LogP contribution in [0.1, 0.15) is 53.9 Å². The minimum atomic E-state index is -0.503. The van der Waals surface area contributed by atoms with Crippen LogP contribution in [-0.2, 0) is 14.3 Å². The van der Waals surface area contributed by atoms with Gasteiger partial charge in [0.2, 0.25) is 0 Å². The molecule has 0 spiro atoms. The highest BCUT2D eigenvalue weighted by Gasteiger charge is 2.57. The Morgan fingerprint density at radius 1 is 1.25 bits per heavy atom. The third-order valence-electron chi connectivity index (χ3n) is 5.65. The summed E-state index contributed by atoms with van der Waals surface area (Å²) in [6.45, 7) is 10.2. The normalized spacial score (nSPS) is 31.2. The number of esters is 1. The van der Waals surface area contributed by atoms with E-state index >= 15 is 0 Å². The summed E-state index contributed by atoms with van der Waals surface area (Å²) in [6.07, 6.45) is 5.96. The van der Waals surface area contributed by atoms with E-state index in [1.165, 1.54) is 13.2 Å². The molecule has 3 saturated carbocycles. The van der Waals surface area contributed by atoms with Gasteiger partial charge in [0, 0.05) is 12.1 Å². The molecule has 0 radical (unpaired) electrons. The standard InChI is InChI=1S/C19H31NO4/c1-18(2,3)24-17(22)20-16-12(8-7-9-15(21)23-6)10-13-11-14(16)19(13,4)5/h7,9,12-14,16H,8,10-11H2,1-6H3,(H,20,22)/b9-7-/t12-,13+,14+,16+/m0/s1. The Labute approximate surface area is 145 Å². The fourth-order valence-corrected chi connectivity index (χ4v) is 4.22. The highest BCUT2D eigenvalue weighted by atomic mass is 16.6. The first-order valence-electron chi connectivity index (χ1n) is 8.78. The van der Waals surface area contributed by atoms with Gasteiger partial charge in [0.15, 0.2) is 0 Å². The van der Waals surface area contributed by atoms with Gasteiger partial charge in [-0.05, 0) is 63.2 Å². The van der Waals surface area contributed by atoms with Crippen molar-refractivity contribution in [1.29, 1.82) is 0 Å². The summed E-state index contributed by atoms with van der Waals surface area (Å²) in [5, 5.41) is 3.11. The molecule has 0 saturated heterocycles. The molecule has 136 valence electrons. The summed E-state index contributed by atoms with van der Waals surface area (Å²) >= 11 is 0. The van der Waals surface area contributed by atoms with Gasteiger partial charge in [0.25, 0.3) is 0 Å². The van der Waals surface area contributed by atoms with Crippen molar-refractivity contribution in [2.45, 2.75) is 65.5 Å².